The molecule has 0 fully saturated rings. The fraction of sp³-hybridized carbons (Fsp3) is 0.263. The number of halogens is 1. The van der Waals surface area contributed by atoms with Crippen LogP contribution in [0.2, 0.25) is 0 Å². The number of methoxy groups -OCH3 is 1. The third kappa shape index (κ3) is 3.63. The zero-order chi connectivity index (χ0) is 18.0. The highest BCUT2D eigenvalue weighted by Crippen LogP contribution is 2.38. The molecule has 0 heterocycles. The minimum absolute atomic E-state index is 0.150. The number of benzene rings is 2. The first-order valence-corrected chi connectivity index (χ1v) is 8.91. The number of alkyl halides is 1. The van der Waals surface area contributed by atoms with Gasteiger partial charge in [0.1, 0.15) is 6.61 Å². The van der Waals surface area contributed by atoms with E-state index in [0.29, 0.717) is 0 Å². The molecule has 0 radical (unpaired) electrons. The molecule has 0 bridgehead atoms. The van der Waals surface area contributed by atoms with Crippen molar-refractivity contribution >= 4 is 34.7 Å². The number of carbonyl (C=O) groups excluding carboxylic acids is 2. The number of alkyl carbamates (subject to hydrolysis) is 1. The van der Waals surface area contributed by atoms with E-state index >= 15 is 0 Å². The summed E-state index contributed by atoms with van der Waals surface area (Å²) in [5, 5.41) is 2.51. The van der Waals surface area contributed by atoms with Crippen molar-refractivity contribution in [3.8, 4) is 11.1 Å². The van der Waals surface area contributed by atoms with Crippen molar-refractivity contribution in [3.63, 3.8) is 0 Å². The van der Waals surface area contributed by atoms with E-state index in [-0.39, 0.29) is 6.61 Å². The number of amides is 1. The van der Waals surface area contributed by atoms with E-state index in [0.717, 1.165) is 12.0 Å². The van der Waals surface area contributed by atoms with E-state index in [4.69, 9.17) is 4.74 Å². The van der Waals surface area contributed by atoms with Crippen molar-refractivity contribution in [1.82, 2.24) is 5.32 Å². The van der Waals surface area contributed by atoms with Crippen LogP contribution in [-0.2, 0) is 27.3 Å². The zero-order valence-electron chi connectivity index (χ0n) is 14.0. The molecule has 0 aliphatic heterocycles. The van der Waals surface area contributed by atoms with Gasteiger partial charge in [-0.3, -0.25) is 5.32 Å². The molecule has 1 amide bonds. The Morgan fingerprint density at radius 2 is 1.88 bits per heavy atom. The number of nitrogens with one attached hydrogen (secondary N) is 1. The molecule has 0 aromatic heterocycles. The van der Waals surface area contributed by atoms with Crippen LogP contribution in [0.1, 0.15) is 23.6 Å². The number of ether oxygens (including phenoxy) is 2. The Bertz CT molecular complexity index is 832. The minimum atomic E-state index is -1.17. The molecule has 130 valence electrons. The first kappa shape index (κ1) is 17.7. The SMILES string of the molecule is COC(=O)[C@@](C)(I)NC(=O)OCc1cccc2c1Cc1ccccc1-2. The Balaban J connectivity index is 1.70. The Hall–Kier alpha value is -2.09. The van der Waals surface area contributed by atoms with Gasteiger partial charge in [-0.1, -0.05) is 42.5 Å². The standard InChI is InChI=1S/C19H18INO4/c1-19(20,17(22)24-2)21-18(23)25-11-13-7-5-9-15-14-8-4-3-6-12(14)10-16(13)15/h3-9H,10-11H2,1-2H3,(H,21,23)/t19-/m0/s1. The lowest BCUT2D eigenvalue weighted by molar-refractivity contribution is -0.143. The van der Waals surface area contributed by atoms with Crippen LogP contribution in [0.3, 0.4) is 0 Å². The van der Waals surface area contributed by atoms with Gasteiger partial charge in [0.15, 0.2) is 3.55 Å². The number of hydrogen-bond donors (Lipinski definition) is 1. The maximum absolute atomic E-state index is 12.0. The van der Waals surface area contributed by atoms with Crippen molar-refractivity contribution in [2.45, 2.75) is 23.5 Å². The van der Waals surface area contributed by atoms with Crippen LogP contribution in [-0.4, -0.2) is 22.7 Å². The lowest BCUT2D eigenvalue weighted by atomic mass is 10.0. The molecule has 6 heteroatoms. The first-order valence-electron chi connectivity index (χ1n) is 7.83. The minimum Gasteiger partial charge on any atom is -0.467 e. The fourth-order valence-electron chi connectivity index (χ4n) is 2.97. The Kier molecular flexibility index (Phi) is 4.99. The molecule has 5 nitrogen and oxygen atoms in total. The second-order valence-corrected chi connectivity index (χ2v) is 8.13. The molecule has 1 atom stereocenters. The van der Waals surface area contributed by atoms with Gasteiger partial charge in [0.25, 0.3) is 0 Å². The molecule has 2 aromatic rings. The highest BCUT2D eigenvalue weighted by molar-refractivity contribution is 14.1. The summed E-state index contributed by atoms with van der Waals surface area (Å²) in [6, 6.07) is 14.3. The molecule has 1 N–H and O–H groups in total. The van der Waals surface area contributed by atoms with Gasteiger partial charge in [-0.25, -0.2) is 9.59 Å². The lowest BCUT2D eigenvalue weighted by Crippen LogP contribution is -2.47. The van der Waals surface area contributed by atoms with Gasteiger partial charge in [-0.2, -0.15) is 0 Å². The summed E-state index contributed by atoms with van der Waals surface area (Å²) in [7, 11) is 1.27. The van der Waals surface area contributed by atoms with E-state index in [1.165, 1.54) is 29.4 Å². The Morgan fingerprint density at radius 1 is 1.16 bits per heavy atom. The predicted octanol–water partition coefficient (Wildman–Crippen LogP) is 3.81. The van der Waals surface area contributed by atoms with Crippen molar-refractivity contribution in [3.05, 3.63) is 59.2 Å². The Labute approximate surface area is 159 Å². The molecule has 0 spiro atoms. The molecule has 0 saturated carbocycles. The second-order valence-electron chi connectivity index (χ2n) is 5.97. The van der Waals surface area contributed by atoms with E-state index in [9.17, 15) is 9.59 Å². The number of carbonyl (C=O) groups is 2. The monoisotopic (exact) mass is 451 g/mol. The molecule has 25 heavy (non-hydrogen) atoms. The molecule has 0 saturated heterocycles. The largest absolute Gasteiger partial charge is 0.467 e. The van der Waals surface area contributed by atoms with Crippen LogP contribution in [0.4, 0.5) is 4.79 Å². The van der Waals surface area contributed by atoms with Gasteiger partial charge < -0.3 is 9.47 Å². The number of hydrogen-bond acceptors (Lipinski definition) is 4. The summed E-state index contributed by atoms with van der Waals surface area (Å²) in [5.41, 5.74) is 5.85. The maximum Gasteiger partial charge on any atom is 0.408 e. The van der Waals surface area contributed by atoms with Crippen molar-refractivity contribution < 1.29 is 19.1 Å². The van der Waals surface area contributed by atoms with E-state index in [1.807, 2.05) is 46.9 Å². The quantitative estimate of drug-likeness (QED) is 0.284. The van der Waals surface area contributed by atoms with Crippen molar-refractivity contribution in [2.75, 3.05) is 7.11 Å². The van der Waals surface area contributed by atoms with Crippen LogP contribution < -0.4 is 5.32 Å². The Morgan fingerprint density at radius 3 is 2.64 bits per heavy atom. The van der Waals surface area contributed by atoms with Crippen LogP contribution in [0, 0.1) is 0 Å². The van der Waals surface area contributed by atoms with E-state index < -0.39 is 15.6 Å². The maximum atomic E-state index is 12.0. The fourth-order valence-corrected chi connectivity index (χ4v) is 3.41. The third-order valence-electron chi connectivity index (χ3n) is 4.21. The van der Waals surface area contributed by atoms with E-state index in [2.05, 4.69) is 28.3 Å². The molecule has 0 unspecified atom stereocenters. The lowest BCUT2D eigenvalue weighted by Gasteiger charge is -2.21. The number of fused-ring (bicyclic) bond motifs is 3. The van der Waals surface area contributed by atoms with E-state index in [1.54, 1.807) is 6.92 Å². The zero-order valence-corrected chi connectivity index (χ0v) is 16.1. The van der Waals surface area contributed by atoms with Crippen LogP contribution in [0.5, 0.6) is 0 Å². The van der Waals surface area contributed by atoms with Crippen LogP contribution >= 0.6 is 22.6 Å². The topological polar surface area (TPSA) is 64.6 Å². The smallest absolute Gasteiger partial charge is 0.408 e. The average Bonchev–Trinajstić information content (AvgIpc) is 2.98. The summed E-state index contributed by atoms with van der Waals surface area (Å²) >= 11 is 1.81. The van der Waals surface area contributed by atoms with Crippen LogP contribution in [0.25, 0.3) is 11.1 Å². The van der Waals surface area contributed by atoms with Gasteiger partial charge in [-0.05, 0) is 63.8 Å². The van der Waals surface area contributed by atoms with Gasteiger partial charge in [-0.15, -0.1) is 0 Å². The normalized spacial score (nSPS) is 14.0. The molecule has 1 aliphatic carbocycles. The third-order valence-corrected chi connectivity index (χ3v) is 4.92. The van der Waals surface area contributed by atoms with Gasteiger partial charge >= 0.3 is 12.1 Å². The van der Waals surface area contributed by atoms with Crippen molar-refractivity contribution in [2.24, 2.45) is 0 Å². The van der Waals surface area contributed by atoms with Crippen molar-refractivity contribution in [1.29, 1.82) is 0 Å². The average molecular weight is 451 g/mol. The summed E-state index contributed by atoms with van der Waals surface area (Å²) in [6.07, 6.45) is 0.175. The molecule has 2 aromatic carbocycles. The van der Waals surface area contributed by atoms with Gasteiger partial charge in [0.05, 0.1) is 7.11 Å². The summed E-state index contributed by atoms with van der Waals surface area (Å²) in [4.78, 5) is 23.6. The second kappa shape index (κ2) is 7.03. The highest BCUT2D eigenvalue weighted by Gasteiger charge is 2.33. The molecule has 1 aliphatic rings. The summed E-state index contributed by atoms with van der Waals surface area (Å²) in [6.45, 7) is 1.70. The highest BCUT2D eigenvalue weighted by atomic mass is 127. The summed E-state index contributed by atoms with van der Waals surface area (Å²) in [5.74, 6) is -0.541. The van der Waals surface area contributed by atoms with Crippen LogP contribution in [0.15, 0.2) is 42.5 Å². The molecular weight excluding hydrogens is 433 g/mol. The number of esters is 1. The molecular formula is C19H18INO4. The summed E-state index contributed by atoms with van der Waals surface area (Å²) < 4.78 is 8.81. The van der Waals surface area contributed by atoms with Gasteiger partial charge in [0, 0.05) is 0 Å². The molecule has 3 rings (SSSR count). The predicted molar refractivity (Wildman–Crippen MR) is 102 cm³/mol. The number of rotatable bonds is 4. The first-order chi connectivity index (χ1) is 11.9. The van der Waals surface area contributed by atoms with Gasteiger partial charge in [0.2, 0.25) is 0 Å².